The van der Waals surface area contributed by atoms with Gasteiger partial charge in [-0.05, 0) is 24.3 Å². The van der Waals surface area contributed by atoms with E-state index in [1.54, 1.807) is 36.0 Å². The molecule has 3 rings (SSSR count). The molecule has 0 spiro atoms. The number of hydrogen-bond donors (Lipinski definition) is 3. The second kappa shape index (κ2) is 6.70. The lowest BCUT2D eigenvalue weighted by Crippen LogP contribution is -2.03. The Morgan fingerprint density at radius 1 is 1.32 bits per heavy atom. The number of carbonyl (C=O) groups is 1. The minimum Gasteiger partial charge on any atom is -0.398 e. The smallest absolute Gasteiger partial charge is 0.225 e. The van der Waals surface area contributed by atoms with Crippen LogP contribution >= 0.6 is 11.6 Å². The number of halogens is 1. The second-order valence-electron chi connectivity index (χ2n) is 5.17. The molecule has 9 heteroatoms. The predicted molar refractivity (Wildman–Crippen MR) is 96.7 cm³/mol. The van der Waals surface area contributed by atoms with Gasteiger partial charge in [-0.3, -0.25) is 9.78 Å². The van der Waals surface area contributed by atoms with Gasteiger partial charge in [0.1, 0.15) is 5.69 Å². The van der Waals surface area contributed by atoms with Gasteiger partial charge in [0.25, 0.3) is 0 Å². The first kappa shape index (κ1) is 16.6. The van der Waals surface area contributed by atoms with Gasteiger partial charge in [0, 0.05) is 36.3 Å². The summed E-state index contributed by atoms with van der Waals surface area (Å²) < 4.78 is 1.56. The molecule has 3 aromatic rings. The standard InChI is InChI=1S/C16H14ClN7O/c1-24-16(21-13-5-4-12(19)11(6-18)14(13)17)22-15(23-24)9-2-3-10(8-25)20-7-9/h2-8,18H,19H2,1H3,(H,21,22,23). The molecular weight excluding hydrogens is 342 g/mol. The van der Waals surface area contributed by atoms with E-state index in [2.05, 4.69) is 20.4 Å². The van der Waals surface area contributed by atoms with E-state index in [1.807, 2.05) is 0 Å². The van der Waals surface area contributed by atoms with Crippen LogP contribution in [0.5, 0.6) is 0 Å². The number of aromatic nitrogens is 4. The number of nitrogen functional groups attached to an aromatic ring is 1. The van der Waals surface area contributed by atoms with Crippen LogP contribution in [0.3, 0.4) is 0 Å². The van der Waals surface area contributed by atoms with Crippen molar-refractivity contribution in [2.24, 2.45) is 7.05 Å². The third-order valence-corrected chi connectivity index (χ3v) is 3.94. The molecule has 0 atom stereocenters. The van der Waals surface area contributed by atoms with Crippen LogP contribution in [0.15, 0.2) is 30.5 Å². The molecule has 0 aliphatic carbocycles. The quantitative estimate of drug-likeness (QED) is 0.367. The predicted octanol–water partition coefficient (Wildman–Crippen LogP) is 2.67. The number of hydrogen-bond acceptors (Lipinski definition) is 7. The molecule has 126 valence electrons. The van der Waals surface area contributed by atoms with Crippen LogP contribution < -0.4 is 11.1 Å². The molecule has 0 aliphatic heterocycles. The molecule has 25 heavy (non-hydrogen) atoms. The molecule has 0 unspecified atom stereocenters. The van der Waals surface area contributed by atoms with Crippen molar-refractivity contribution < 1.29 is 4.79 Å². The number of benzene rings is 1. The zero-order valence-corrected chi connectivity index (χ0v) is 13.9. The van der Waals surface area contributed by atoms with Gasteiger partial charge in [0.15, 0.2) is 12.1 Å². The average molecular weight is 356 g/mol. The van der Waals surface area contributed by atoms with Gasteiger partial charge in [0.2, 0.25) is 5.95 Å². The van der Waals surface area contributed by atoms with Gasteiger partial charge in [-0.2, -0.15) is 4.98 Å². The number of nitrogens with two attached hydrogens (primary N) is 1. The highest BCUT2D eigenvalue weighted by Gasteiger charge is 2.13. The van der Waals surface area contributed by atoms with E-state index in [4.69, 9.17) is 22.7 Å². The summed E-state index contributed by atoms with van der Waals surface area (Å²) in [6.45, 7) is 0. The SMILES string of the molecule is Cn1nc(-c2ccc(C=O)nc2)nc1Nc1ccc(N)c(C=N)c1Cl. The van der Waals surface area contributed by atoms with Crippen molar-refractivity contribution in [2.45, 2.75) is 0 Å². The third-order valence-electron chi connectivity index (χ3n) is 3.53. The Kier molecular flexibility index (Phi) is 4.44. The number of aldehydes is 1. The van der Waals surface area contributed by atoms with Crippen molar-refractivity contribution in [3.8, 4) is 11.4 Å². The molecule has 0 radical (unpaired) electrons. The van der Waals surface area contributed by atoms with Crippen molar-refractivity contribution in [1.29, 1.82) is 5.41 Å². The van der Waals surface area contributed by atoms with Crippen molar-refractivity contribution in [3.63, 3.8) is 0 Å². The monoisotopic (exact) mass is 355 g/mol. The highest BCUT2D eigenvalue weighted by atomic mass is 35.5. The summed E-state index contributed by atoms with van der Waals surface area (Å²) in [5, 5.41) is 15.1. The molecule has 0 aliphatic rings. The van der Waals surface area contributed by atoms with Crippen LogP contribution in [0.1, 0.15) is 16.1 Å². The van der Waals surface area contributed by atoms with Crippen LogP contribution in [0.4, 0.5) is 17.3 Å². The fourth-order valence-electron chi connectivity index (χ4n) is 2.19. The first-order valence-electron chi connectivity index (χ1n) is 7.21. The van der Waals surface area contributed by atoms with Crippen LogP contribution in [0.2, 0.25) is 5.02 Å². The van der Waals surface area contributed by atoms with E-state index in [1.165, 1.54) is 6.20 Å². The molecule has 8 nitrogen and oxygen atoms in total. The zero-order chi connectivity index (χ0) is 18.0. The van der Waals surface area contributed by atoms with E-state index in [0.29, 0.717) is 51.3 Å². The van der Waals surface area contributed by atoms with Crippen LogP contribution in [0.25, 0.3) is 11.4 Å². The second-order valence-corrected chi connectivity index (χ2v) is 5.55. The Labute approximate surface area is 148 Å². The summed E-state index contributed by atoms with van der Waals surface area (Å²) in [5.74, 6) is 0.908. The number of nitrogens with zero attached hydrogens (tertiary/aromatic N) is 4. The molecular formula is C16H14ClN7O. The Bertz CT molecular complexity index is 950. The molecule has 4 N–H and O–H groups in total. The Hall–Kier alpha value is -3.26. The summed E-state index contributed by atoms with van der Waals surface area (Å²) in [7, 11) is 1.73. The van der Waals surface area contributed by atoms with Crippen LogP contribution in [-0.2, 0) is 7.05 Å². The minimum atomic E-state index is 0.330. The number of pyridine rings is 1. The molecule has 0 fully saturated rings. The number of carbonyl (C=O) groups excluding carboxylic acids is 1. The first-order valence-corrected chi connectivity index (χ1v) is 7.59. The molecule has 2 heterocycles. The van der Waals surface area contributed by atoms with E-state index in [9.17, 15) is 4.79 Å². The van der Waals surface area contributed by atoms with Crippen molar-refractivity contribution >= 4 is 41.4 Å². The Morgan fingerprint density at radius 2 is 2.12 bits per heavy atom. The van der Waals surface area contributed by atoms with E-state index in [0.717, 1.165) is 6.21 Å². The fraction of sp³-hybridized carbons (Fsp3) is 0.0625. The topological polar surface area (TPSA) is 123 Å². The van der Waals surface area contributed by atoms with Gasteiger partial charge in [-0.15, -0.1) is 5.10 Å². The van der Waals surface area contributed by atoms with Crippen molar-refractivity contribution in [3.05, 3.63) is 46.7 Å². The molecule has 0 amide bonds. The summed E-state index contributed by atoms with van der Waals surface area (Å²) in [6.07, 6.45) is 3.31. The Balaban J connectivity index is 1.93. The van der Waals surface area contributed by atoms with E-state index >= 15 is 0 Å². The molecule has 0 bridgehead atoms. The van der Waals surface area contributed by atoms with E-state index in [-0.39, 0.29) is 0 Å². The van der Waals surface area contributed by atoms with Gasteiger partial charge in [-0.1, -0.05) is 11.6 Å². The normalized spacial score (nSPS) is 10.5. The lowest BCUT2D eigenvalue weighted by Gasteiger charge is -2.10. The van der Waals surface area contributed by atoms with Gasteiger partial charge < -0.3 is 16.5 Å². The van der Waals surface area contributed by atoms with Crippen molar-refractivity contribution in [1.82, 2.24) is 19.7 Å². The third kappa shape index (κ3) is 3.20. The fourth-order valence-corrected chi connectivity index (χ4v) is 2.47. The maximum absolute atomic E-state index is 10.7. The minimum absolute atomic E-state index is 0.330. The van der Waals surface area contributed by atoms with Crippen LogP contribution in [0, 0.1) is 5.41 Å². The zero-order valence-electron chi connectivity index (χ0n) is 13.2. The maximum atomic E-state index is 10.7. The lowest BCUT2D eigenvalue weighted by atomic mass is 10.1. The van der Waals surface area contributed by atoms with Crippen LogP contribution in [-0.4, -0.2) is 32.2 Å². The largest absolute Gasteiger partial charge is 0.398 e. The maximum Gasteiger partial charge on any atom is 0.225 e. The summed E-state index contributed by atoms with van der Waals surface area (Å²) in [5.41, 5.74) is 8.23. The number of aryl methyl sites for hydroxylation is 1. The van der Waals surface area contributed by atoms with E-state index < -0.39 is 0 Å². The summed E-state index contributed by atoms with van der Waals surface area (Å²) >= 11 is 6.28. The summed E-state index contributed by atoms with van der Waals surface area (Å²) in [6, 6.07) is 6.69. The number of nitrogens with one attached hydrogen (secondary N) is 2. The first-order chi connectivity index (χ1) is 12.0. The lowest BCUT2D eigenvalue weighted by molar-refractivity contribution is 0.111. The van der Waals surface area contributed by atoms with Gasteiger partial charge >= 0.3 is 0 Å². The van der Waals surface area contributed by atoms with Gasteiger partial charge in [-0.25, -0.2) is 4.68 Å². The van der Waals surface area contributed by atoms with Gasteiger partial charge in [0.05, 0.1) is 10.7 Å². The molecule has 2 aromatic heterocycles. The molecule has 0 saturated carbocycles. The highest BCUT2D eigenvalue weighted by molar-refractivity contribution is 6.36. The number of rotatable bonds is 5. The summed E-state index contributed by atoms with van der Waals surface area (Å²) in [4.78, 5) is 19.1. The highest BCUT2D eigenvalue weighted by Crippen LogP contribution is 2.31. The Morgan fingerprint density at radius 3 is 2.76 bits per heavy atom. The number of anilines is 3. The molecule has 1 aromatic carbocycles. The van der Waals surface area contributed by atoms with Crippen molar-refractivity contribution in [2.75, 3.05) is 11.1 Å². The molecule has 0 saturated heterocycles. The average Bonchev–Trinajstić information content (AvgIpc) is 2.98.